The van der Waals surface area contributed by atoms with E-state index in [2.05, 4.69) is 30.6 Å². The van der Waals surface area contributed by atoms with Crippen LogP contribution in [0.4, 0.5) is 21.8 Å². The molecule has 0 atom stereocenters. The molecule has 0 aliphatic carbocycles. The number of nitrogens with zero attached hydrogens (tertiary/aromatic N) is 3. The van der Waals surface area contributed by atoms with E-state index in [4.69, 9.17) is 0 Å². The second kappa shape index (κ2) is 4.52. The van der Waals surface area contributed by atoms with Crippen LogP contribution in [0.1, 0.15) is 0 Å². The van der Waals surface area contributed by atoms with E-state index < -0.39 is 0 Å². The standard InChI is InChI=1S/C12H11FN6/c1-14-12-18-10-9(15-6-16-10)11(19-12)17-8-4-2-7(13)3-5-8/h2-6H,1H3,(H3,14,15,16,17,18,19). The molecule has 3 rings (SSSR count). The van der Waals surface area contributed by atoms with Gasteiger partial charge in [0.15, 0.2) is 11.5 Å². The first-order valence-corrected chi connectivity index (χ1v) is 5.68. The third-order valence-corrected chi connectivity index (χ3v) is 2.62. The zero-order valence-electron chi connectivity index (χ0n) is 10.1. The molecule has 1 aromatic carbocycles. The van der Waals surface area contributed by atoms with E-state index in [1.54, 1.807) is 25.5 Å². The lowest BCUT2D eigenvalue weighted by Gasteiger charge is -2.07. The zero-order valence-corrected chi connectivity index (χ0v) is 10.1. The number of nitrogens with one attached hydrogen (secondary N) is 3. The summed E-state index contributed by atoms with van der Waals surface area (Å²) in [5.41, 5.74) is 1.99. The van der Waals surface area contributed by atoms with Gasteiger partial charge in [-0.15, -0.1) is 0 Å². The van der Waals surface area contributed by atoms with Crippen molar-refractivity contribution in [1.29, 1.82) is 0 Å². The van der Waals surface area contributed by atoms with Crippen LogP contribution in [0.5, 0.6) is 0 Å². The number of fused-ring (bicyclic) bond motifs is 1. The van der Waals surface area contributed by atoms with Crippen LogP contribution < -0.4 is 10.6 Å². The molecule has 0 unspecified atom stereocenters. The molecule has 6 nitrogen and oxygen atoms in total. The Bertz CT molecular complexity index is 706. The van der Waals surface area contributed by atoms with E-state index in [0.717, 1.165) is 5.69 Å². The topological polar surface area (TPSA) is 78.5 Å². The highest BCUT2D eigenvalue weighted by Crippen LogP contribution is 2.22. The first kappa shape index (κ1) is 11.4. The lowest BCUT2D eigenvalue weighted by Crippen LogP contribution is -2.01. The maximum absolute atomic E-state index is 12.9. The number of halogens is 1. The van der Waals surface area contributed by atoms with E-state index in [1.165, 1.54) is 12.1 Å². The minimum absolute atomic E-state index is 0.282. The number of anilines is 3. The SMILES string of the molecule is CNc1nc(Nc2ccc(F)cc2)c2[nH]cnc2n1. The summed E-state index contributed by atoms with van der Waals surface area (Å²) in [7, 11) is 1.73. The molecule has 0 radical (unpaired) electrons. The van der Waals surface area contributed by atoms with Crippen molar-refractivity contribution in [3.8, 4) is 0 Å². The van der Waals surface area contributed by atoms with Crippen LogP contribution in [0.3, 0.4) is 0 Å². The van der Waals surface area contributed by atoms with E-state index in [9.17, 15) is 4.39 Å². The Morgan fingerprint density at radius 3 is 2.68 bits per heavy atom. The van der Waals surface area contributed by atoms with Crippen LogP contribution in [0, 0.1) is 5.82 Å². The fourth-order valence-electron chi connectivity index (χ4n) is 1.71. The van der Waals surface area contributed by atoms with Gasteiger partial charge in [-0.3, -0.25) is 0 Å². The van der Waals surface area contributed by atoms with Crippen LogP contribution in [0.25, 0.3) is 11.2 Å². The number of aromatic amines is 1. The quantitative estimate of drug-likeness (QED) is 0.671. The highest BCUT2D eigenvalue weighted by Gasteiger charge is 2.09. The van der Waals surface area contributed by atoms with Gasteiger partial charge in [0, 0.05) is 12.7 Å². The predicted octanol–water partition coefficient (Wildman–Crippen LogP) is 2.28. The smallest absolute Gasteiger partial charge is 0.226 e. The van der Waals surface area contributed by atoms with Crippen LogP contribution in [-0.2, 0) is 0 Å². The summed E-state index contributed by atoms with van der Waals surface area (Å²) in [5.74, 6) is 0.763. The summed E-state index contributed by atoms with van der Waals surface area (Å²) < 4.78 is 12.9. The fourth-order valence-corrected chi connectivity index (χ4v) is 1.71. The van der Waals surface area contributed by atoms with Crippen molar-refractivity contribution in [3.05, 3.63) is 36.4 Å². The maximum Gasteiger partial charge on any atom is 0.226 e. The molecule has 0 aliphatic rings. The molecule has 0 saturated heterocycles. The summed E-state index contributed by atoms with van der Waals surface area (Å²) in [6, 6.07) is 6.04. The normalized spacial score (nSPS) is 10.6. The Kier molecular flexibility index (Phi) is 2.71. The number of hydrogen-bond acceptors (Lipinski definition) is 5. The molecule has 2 aromatic heterocycles. The van der Waals surface area contributed by atoms with E-state index in [-0.39, 0.29) is 5.82 Å². The van der Waals surface area contributed by atoms with Crippen molar-refractivity contribution in [1.82, 2.24) is 19.9 Å². The second-order valence-electron chi connectivity index (χ2n) is 3.88. The first-order chi connectivity index (χ1) is 9.26. The summed E-state index contributed by atoms with van der Waals surface area (Å²) in [6.45, 7) is 0. The largest absolute Gasteiger partial charge is 0.357 e. The Labute approximate surface area is 108 Å². The van der Waals surface area contributed by atoms with Gasteiger partial charge in [0.2, 0.25) is 5.95 Å². The van der Waals surface area contributed by atoms with Crippen molar-refractivity contribution < 1.29 is 4.39 Å². The van der Waals surface area contributed by atoms with E-state index in [0.29, 0.717) is 22.9 Å². The Morgan fingerprint density at radius 2 is 1.95 bits per heavy atom. The molecule has 96 valence electrons. The average molecular weight is 258 g/mol. The minimum Gasteiger partial charge on any atom is -0.357 e. The molecule has 3 N–H and O–H groups in total. The maximum atomic E-state index is 12.9. The van der Waals surface area contributed by atoms with Gasteiger partial charge >= 0.3 is 0 Å². The summed E-state index contributed by atoms with van der Waals surface area (Å²) in [6.07, 6.45) is 1.55. The highest BCUT2D eigenvalue weighted by molar-refractivity contribution is 5.85. The van der Waals surface area contributed by atoms with Gasteiger partial charge in [0.05, 0.1) is 6.33 Å². The zero-order chi connectivity index (χ0) is 13.2. The second-order valence-corrected chi connectivity index (χ2v) is 3.88. The molecule has 0 amide bonds. The Hall–Kier alpha value is -2.70. The van der Waals surface area contributed by atoms with Gasteiger partial charge in [-0.1, -0.05) is 0 Å². The summed E-state index contributed by atoms with van der Waals surface area (Å²) >= 11 is 0. The van der Waals surface area contributed by atoms with Crippen molar-refractivity contribution in [2.24, 2.45) is 0 Å². The van der Waals surface area contributed by atoms with Crippen LogP contribution in [0.2, 0.25) is 0 Å². The molecule has 0 spiro atoms. The summed E-state index contributed by atoms with van der Waals surface area (Å²) in [4.78, 5) is 15.6. The van der Waals surface area contributed by atoms with Crippen LogP contribution in [0.15, 0.2) is 30.6 Å². The van der Waals surface area contributed by atoms with Crippen molar-refractivity contribution in [3.63, 3.8) is 0 Å². The van der Waals surface area contributed by atoms with Crippen LogP contribution in [-0.4, -0.2) is 27.0 Å². The Morgan fingerprint density at radius 1 is 1.16 bits per heavy atom. The number of H-pyrrole nitrogens is 1. The Balaban J connectivity index is 2.03. The molecule has 0 saturated carbocycles. The highest BCUT2D eigenvalue weighted by atomic mass is 19.1. The fraction of sp³-hybridized carbons (Fsp3) is 0.0833. The molecule has 2 heterocycles. The molecule has 19 heavy (non-hydrogen) atoms. The monoisotopic (exact) mass is 258 g/mol. The number of imidazole rings is 1. The van der Waals surface area contributed by atoms with Gasteiger partial charge in [0.25, 0.3) is 0 Å². The number of aromatic nitrogens is 4. The third-order valence-electron chi connectivity index (χ3n) is 2.62. The van der Waals surface area contributed by atoms with Gasteiger partial charge < -0.3 is 15.6 Å². The molecular formula is C12H11FN6. The van der Waals surface area contributed by atoms with E-state index in [1.807, 2.05) is 0 Å². The first-order valence-electron chi connectivity index (χ1n) is 5.68. The van der Waals surface area contributed by atoms with Crippen molar-refractivity contribution in [2.75, 3.05) is 17.7 Å². The number of hydrogen-bond donors (Lipinski definition) is 3. The molecule has 0 fully saturated rings. The lowest BCUT2D eigenvalue weighted by atomic mass is 10.3. The number of rotatable bonds is 3. The molecule has 3 aromatic rings. The minimum atomic E-state index is -0.282. The molecule has 0 bridgehead atoms. The predicted molar refractivity (Wildman–Crippen MR) is 70.9 cm³/mol. The van der Waals surface area contributed by atoms with Gasteiger partial charge in [-0.25, -0.2) is 9.37 Å². The molecule has 7 heteroatoms. The number of benzene rings is 1. The molecular weight excluding hydrogens is 247 g/mol. The van der Waals surface area contributed by atoms with E-state index >= 15 is 0 Å². The lowest BCUT2D eigenvalue weighted by molar-refractivity contribution is 0.628. The van der Waals surface area contributed by atoms with Gasteiger partial charge in [-0.2, -0.15) is 9.97 Å². The van der Waals surface area contributed by atoms with Gasteiger partial charge in [-0.05, 0) is 24.3 Å². The molecule has 0 aliphatic heterocycles. The summed E-state index contributed by atoms with van der Waals surface area (Å²) in [5, 5.41) is 5.97. The third kappa shape index (κ3) is 2.17. The van der Waals surface area contributed by atoms with Crippen molar-refractivity contribution >= 4 is 28.6 Å². The average Bonchev–Trinajstić information content (AvgIpc) is 2.89. The van der Waals surface area contributed by atoms with Gasteiger partial charge in [0.1, 0.15) is 11.3 Å². The van der Waals surface area contributed by atoms with Crippen molar-refractivity contribution in [2.45, 2.75) is 0 Å². The van der Waals surface area contributed by atoms with Crippen LogP contribution >= 0.6 is 0 Å².